The molecule has 1 fully saturated rings. The van der Waals surface area contributed by atoms with Crippen LogP contribution < -0.4 is 16.0 Å². The Bertz CT molecular complexity index is 332. The van der Waals surface area contributed by atoms with Crippen molar-refractivity contribution in [3.8, 4) is 0 Å². The van der Waals surface area contributed by atoms with Crippen molar-refractivity contribution in [1.82, 2.24) is 16.0 Å². The largest absolute Gasteiger partial charge is 0.480 e. The second-order valence-electron chi connectivity index (χ2n) is 4.29. The Balaban J connectivity index is 2.06. The van der Waals surface area contributed by atoms with E-state index in [1.165, 1.54) is 0 Å². The first kappa shape index (κ1) is 15.6. The van der Waals surface area contributed by atoms with Crippen molar-refractivity contribution >= 4 is 29.7 Å². The van der Waals surface area contributed by atoms with Gasteiger partial charge in [0.1, 0.15) is 6.54 Å². The standard InChI is InChI=1S/C11H19N3O4S/c15-9(12-7-10(16)17)6-14-11(18)13-5-8-1-3-19-4-2-8/h8H,1-7H2,(H,12,15)(H,16,17)(H2,13,14,18). The molecule has 1 heterocycles. The van der Waals surface area contributed by atoms with Crippen molar-refractivity contribution in [3.05, 3.63) is 0 Å². The molecule has 1 aliphatic rings. The minimum atomic E-state index is -1.12. The predicted molar refractivity (Wildman–Crippen MR) is 72.1 cm³/mol. The maximum absolute atomic E-state index is 11.4. The third-order valence-electron chi connectivity index (χ3n) is 2.74. The van der Waals surface area contributed by atoms with Gasteiger partial charge in [0.25, 0.3) is 0 Å². The lowest BCUT2D eigenvalue weighted by Crippen LogP contribution is -2.44. The molecule has 1 rings (SSSR count). The van der Waals surface area contributed by atoms with E-state index in [1.54, 1.807) is 0 Å². The van der Waals surface area contributed by atoms with Crippen LogP contribution in [0.25, 0.3) is 0 Å². The van der Waals surface area contributed by atoms with E-state index in [0.29, 0.717) is 12.5 Å². The molecule has 0 radical (unpaired) electrons. The minimum Gasteiger partial charge on any atom is -0.480 e. The van der Waals surface area contributed by atoms with Crippen molar-refractivity contribution in [2.45, 2.75) is 12.8 Å². The van der Waals surface area contributed by atoms with Gasteiger partial charge in [0.05, 0.1) is 6.54 Å². The zero-order valence-electron chi connectivity index (χ0n) is 10.6. The van der Waals surface area contributed by atoms with Gasteiger partial charge in [-0.05, 0) is 30.3 Å². The first-order chi connectivity index (χ1) is 9.08. The maximum Gasteiger partial charge on any atom is 0.322 e. The van der Waals surface area contributed by atoms with Crippen LogP contribution in [0.3, 0.4) is 0 Å². The van der Waals surface area contributed by atoms with Crippen LogP contribution in [0, 0.1) is 5.92 Å². The summed E-state index contributed by atoms with van der Waals surface area (Å²) in [4.78, 5) is 32.7. The van der Waals surface area contributed by atoms with Crippen LogP contribution in [0.2, 0.25) is 0 Å². The van der Waals surface area contributed by atoms with E-state index < -0.39 is 24.5 Å². The number of hydrogen-bond donors (Lipinski definition) is 4. The van der Waals surface area contributed by atoms with Crippen LogP contribution in [-0.4, -0.2) is 54.2 Å². The first-order valence-electron chi connectivity index (χ1n) is 6.16. The normalized spacial score (nSPS) is 15.6. The third kappa shape index (κ3) is 7.55. The van der Waals surface area contributed by atoms with Gasteiger partial charge in [0, 0.05) is 6.54 Å². The molecule has 0 bridgehead atoms. The van der Waals surface area contributed by atoms with Crippen LogP contribution in [0.15, 0.2) is 0 Å². The summed E-state index contributed by atoms with van der Waals surface area (Å²) >= 11 is 1.93. The Morgan fingerprint density at radius 1 is 1.05 bits per heavy atom. The Kier molecular flexibility index (Phi) is 7.09. The van der Waals surface area contributed by atoms with E-state index in [9.17, 15) is 14.4 Å². The van der Waals surface area contributed by atoms with Crippen molar-refractivity contribution in [3.63, 3.8) is 0 Å². The fourth-order valence-corrected chi connectivity index (χ4v) is 2.85. The lowest BCUT2D eigenvalue weighted by Gasteiger charge is -2.21. The molecule has 4 N–H and O–H groups in total. The quantitative estimate of drug-likeness (QED) is 0.533. The summed E-state index contributed by atoms with van der Waals surface area (Å²) in [6.07, 6.45) is 2.20. The van der Waals surface area contributed by atoms with Gasteiger partial charge < -0.3 is 21.1 Å². The number of carboxylic acid groups (broad SMARTS) is 1. The monoisotopic (exact) mass is 289 g/mol. The summed E-state index contributed by atoms with van der Waals surface area (Å²) in [5.41, 5.74) is 0. The van der Waals surface area contributed by atoms with Crippen LogP contribution in [0.4, 0.5) is 4.79 Å². The fraction of sp³-hybridized carbons (Fsp3) is 0.727. The van der Waals surface area contributed by atoms with Gasteiger partial charge in [-0.3, -0.25) is 9.59 Å². The summed E-state index contributed by atoms with van der Waals surface area (Å²) in [7, 11) is 0. The number of thioether (sulfide) groups is 1. The Hall–Kier alpha value is -1.44. The number of carboxylic acids is 1. The number of hydrogen-bond acceptors (Lipinski definition) is 4. The lowest BCUT2D eigenvalue weighted by molar-refractivity contribution is -0.137. The smallest absolute Gasteiger partial charge is 0.322 e. The van der Waals surface area contributed by atoms with Crippen molar-refractivity contribution in [2.24, 2.45) is 5.92 Å². The molecule has 0 unspecified atom stereocenters. The Labute approximate surface area is 115 Å². The predicted octanol–water partition coefficient (Wildman–Crippen LogP) is -0.370. The molecule has 1 saturated heterocycles. The number of urea groups is 1. The molecule has 0 aromatic rings. The Morgan fingerprint density at radius 2 is 1.74 bits per heavy atom. The zero-order chi connectivity index (χ0) is 14.1. The molecule has 1 aliphatic heterocycles. The second kappa shape index (κ2) is 8.63. The molecular formula is C11H19N3O4S. The molecule has 0 atom stereocenters. The van der Waals surface area contributed by atoms with E-state index >= 15 is 0 Å². The first-order valence-corrected chi connectivity index (χ1v) is 7.31. The number of rotatable bonds is 6. The molecule has 0 aromatic carbocycles. The van der Waals surface area contributed by atoms with E-state index in [0.717, 1.165) is 24.3 Å². The number of nitrogens with one attached hydrogen (secondary N) is 3. The average Bonchev–Trinajstić information content (AvgIpc) is 2.41. The molecule has 108 valence electrons. The highest BCUT2D eigenvalue weighted by atomic mass is 32.2. The van der Waals surface area contributed by atoms with E-state index in [2.05, 4.69) is 16.0 Å². The number of carbonyl (C=O) groups is 3. The van der Waals surface area contributed by atoms with Gasteiger partial charge in [-0.2, -0.15) is 11.8 Å². The molecular weight excluding hydrogens is 270 g/mol. The van der Waals surface area contributed by atoms with Crippen molar-refractivity contribution < 1.29 is 19.5 Å². The lowest BCUT2D eigenvalue weighted by atomic mass is 10.0. The summed E-state index contributed by atoms with van der Waals surface area (Å²) < 4.78 is 0. The molecule has 0 aromatic heterocycles. The number of carbonyl (C=O) groups excluding carboxylic acids is 2. The van der Waals surface area contributed by atoms with Crippen LogP contribution in [0.1, 0.15) is 12.8 Å². The minimum absolute atomic E-state index is 0.223. The van der Waals surface area contributed by atoms with Gasteiger partial charge in [0.15, 0.2) is 0 Å². The van der Waals surface area contributed by atoms with E-state index in [4.69, 9.17) is 5.11 Å². The second-order valence-corrected chi connectivity index (χ2v) is 5.51. The van der Waals surface area contributed by atoms with Gasteiger partial charge in [-0.15, -0.1) is 0 Å². The number of amides is 3. The summed E-state index contributed by atoms with van der Waals surface area (Å²) in [5, 5.41) is 15.6. The highest BCUT2D eigenvalue weighted by molar-refractivity contribution is 7.99. The highest BCUT2D eigenvalue weighted by Gasteiger charge is 2.14. The molecule has 19 heavy (non-hydrogen) atoms. The number of aliphatic carboxylic acids is 1. The molecule has 3 amide bonds. The molecule has 8 heteroatoms. The van der Waals surface area contributed by atoms with Gasteiger partial charge in [-0.1, -0.05) is 0 Å². The molecule has 0 aliphatic carbocycles. The average molecular weight is 289 g/mol. The fourth-order valence-electron chi connectivity index (χ4n) is 1.65. The van der Waals surface area contributed by atoms with Gasteiger partial charge in [-0.25, -0.2) is 4.79 Å². The van der Waals surface area contributed by atoms with Crippen molar-refractivity contribution in [1.29, 1.82) is 0 Å². The van der Waals surface area contributed by atoms with Crippen LogP contribution in [0.5, 0.6) is 0 Å². The van der Waals surface area contributed by atoms with Crippen molar-refractivity contribution in [2.75, 3.05) is 31.1 Å². The third-order valence-corrected chi connectivity index (χ3v) is 3.79. The maximum atomic E-state index is 11.4. The summed E-state index contributed by atoms with van der Waals surface area (Å²) in [6, 6.07) is -0.399. The van der Waals surface area contributed by atoms with Crippen LogP contribution in [-0.2, 0) is 9.59 Å². The Morgan fingerprint density at radius 3 is 2.37 bits per heavy atom. The SMILES string of the molecule is O=C(O)CNC(=O)CNC(=O)NCC1CCSCC1. The van der Waals surface area contributed by atoms with Gasteiger partial charge in [0.2, 0.25) is 5.91 Å². The van der Waals surface area contributed by atoms with E-state index in [1.807, 2.05) is 11.8 Å². The zero-order valence-corrected chi connectivity index (χ0v) is 11.4. The summed E-state index contributed by atoms with van der Waals surface area (Å²) in [5.74, 6) is 1.13. The molecule has 0 spiro atoms. The molecule has 0 saturated carbocycles. The molecule has 7 nitrogen and oxygen atoms in total. The highest BCUT2D eigenvalue weighted by Crippen LogP contribution is 2.21. The van der Waals surface area contributed by atoms with E-state index in [-0.39, 0.29) is 6.54 Å². The van der Waals surface area contributed by atoms with Crippen LogP contribution >= 0.6 is 11.8 Å². The topological polar surface area (TPSA) is 108 Å². The van der Waals surface area contributed by atoms with Gasteiger partial charge >= 0.3 is 12.0 Å². The summed E-state index contributed by atoms with van der Waals surface area (Å²) in [6.45, 7) is -0.0509.